The molecule has 0 radical (unpaired) electrons. The molecule has 1 rings (SSSR count). The number of nitrogens with zero attached hydrogens (tertiary/aromatic N) is 1. The molecule has 14 heavy (non-hydrogen) atoms. The average Bonchev–Trinajstić information content (AvgIpc) is 2.02. The number of aromatic nitrogens is 1. The van der Waals surface area contributed by atoms with Crippen LogP contribution in [0.25, 0.3) is 0 Å². The fourth-order valence-electron chi connectivity index (χ4n) is 1.38. The van der Waals surface area contributed by atoms with Gasteiger partial charge in [-0.3, -0.25) is 0 Å². The summed E-state index contributed by atoms with van der Waals surface area (Å²) in [6, 6.07) is 2.97. The Balaban J connectivity index is 2.70. The number of nitrogens with two attached hydrogens (primary N) is 1. The van der Waals surface area contributed by atoms with Gasteiger partial charge in [0.05, 0.1) is 0 Å². The average molecular weight is 196 g/mol. The molecular weight excluding hydrogens is 179 g/mol. The Morgan fingerprint density at radius 2 is 2.07 bits per heavy atom. The summed E-state index contributed by atoms with van der Waals surface area (Å²) < 4.78 is 12.5. The molecule has 0 aliphatic rings. The summed E-state index contributed by atoms with van der Waals surface area (Å²) in [4.78, 5) is 3.58. The first-order chi connectivity index (χ1) is 6.38. The van der Waals surface area contributed by atoms with Crippen molar-refractivity contribution in [1.82, 2.24) is 4.98 Å². The van der Waals surface area contributed by atoms with E-state index in [1.807, 2.05) is 0 Å². The third kappa shape index (κ3) is 3.42. The molecule has 0 amide bonds. The topological polar surface area (TPSA) is 38.9 Å². The van der Waals surface area contributed by atoms with E-state index in [9.17, 15) is 4.39 Å². The number of hydrogen-bond donors (Lipinski definition) is 1. The van der Waals surface area contributed by atoms with Crippen molar-refractivity contribution in [3.05, 3.63) is 29.8 Å². The van der Waals surface area contributed by atoms with Crippen molar-refractivity contribution < 1.29 is 4.39 Å². The van der Waals surface area contributed by atoms with Gasteiger partial charge in [-0.1, -0.05) is 26.8 Å². The molecule has 0 spiro atoms. The van der Waals surface area contributed by atoms with Crippen molar-refractivity contribution in [2.45, 2.75) is 33.2 Å². The highest BCUT2D eigenvalue weighted by atomic mass is 19.1. The molecular formula is C11H17FN2. The molecule has 1 atom stereocenters. The minimum Gasteiger partial charge on any atom is -0.324 e. The largest absolute Gasteiger partial charge is 0.324 e. The summed E-state index contributed by atoms with van der Waals surface area (Å²) in [5.74, 6) is -0.461. The Morgan fingerprint density at radius 1 is 1.43 bits per heavy atom. The van der Waals surface area contributed by atoms with Crippen molar-refractivity contribution in [2.75, 3.05) is 0 Å². The molecule has 2 N–H and O–H groups in total. The van der Waals surface area contributed by atoms with Crippen molar-refractivity contribution in [1.29, 1.82) is 0 Å². The Hall–Kier alpha value is -0.960. The lowest BCUT2D eigenvalue weighted by molar-refractivity contribution is 0.342. The second kappa shape index (κ2) is 4.05. The maximum atomic E-state index is 12.5. The Morgan fingerprint density at radius 3 is 2.50 bits per heavy atom. The molecule has 2 nitrogen and oxygen atoms in total. The van der Waals surface area contributed by atoms with E-state index in [0.29, 0.717) is 0 Å². The molecule has 0 aliphatic heterocycles. The first-order valence-corrected chi connectivity index (χ1v) is 4.75. The first-order valence-electron chi connectivity index (χ1n) is 4.75. The van der Waals surface area contributed by atoms with Gasteiger partial charge in [0.1, 0.15) is 0 Å². The van der Waals surface area contributed by atoms with Crippen LogP contribution in [0.15, 0.2) is 18.3 Å². The third-order valence-corrected chi connectivity index (χ3v) is 2.01. The van der Waals surface area contributed by atoms with Crippen molar-refractivity contribution in [3.63, 3.8) is 0 Å². The van der Waals surface area contributed by atoms with E-state index in [-0.39, 0.29) is 11.5 Å². The lowest BCUT2D eigenvalue weighted by Gasteiger charge is -2.23. The van der Waals surface area contributed by atoms with Crippen LogP contribution in [0.4, 0.5) is 4.39 Å². The molecule has 1 aromatic rings. The molecule has 0 aliphatic carbocycles. The minimum atomic E-state index is -0.461. The monoisotopic (exact) mass is 196 g/mol. The Bertz CT molecular complexity index is 287. The zero-order valence-electron chi connectivity index (χ0n) is 8.92. The van der Waals surface area contributed by atoms with E-state index in [2.05, 4.69) is 25.8 Å². The summed E-state index contributed by atoms with van der Waals surface area (Å²) in [6.07, 6.45) is 2.37. The fraction of sp³-hybridized carbons (Fsp3) is 0.545. The van der Waals surface area contributed by atoms with E-state index < -0.39 is 5.95 Å². The highest BCUT2D eigenvalue weighted by molar-refractivity contribution is 5.14. The van der Waals surface area contributed by atoms with Crippen LogP contribution in [0.5, 0.6) is 0 Å². The van der Waals surface area contributed by atoms with Gasteiger partial charge in [-0.05, 0) is 23.5 Å². The normalized spacial score (nSPS) is 14.1. The molecule has 1 heterocycles. The van der Waals surface area contributed by atoms with E-state index >= 15 is 0 Å². The molecule has 0 aromatic carbocycles. The summed E-state index contributed by atoms with van der Waals surface area (Å²) in [5.41, 5.74) is 7.03. The molecule has 0 saturated heterocycles. The van der Waals surface area contributed by atoms with Crippen LogP contribution in [0.1, 0.15) is 38.8 Å². The van der Waals surface area contributed by atoms with Crippen molar-refractivity contribution in [2.24, 2.45) is 11.1 Å². The maximum absolute atomic E-state index is 12.5. The molecule has 78 valence electrons. The Labute approximate surface area is 84.3 Å². The minimum absolute atomic E-state index is 0.0666. The fourth-order valence-corrected chi connectivity index (χ4v) is 1.38. The lowest BCUT2D eigenvalue weighted by atomic mass is 9.86. The zero-order valence-corrected chi connectivity index (χ0v) is 8.92. The van der Waals surface area contributed by atoms with Crippen LogP contribution in [0, 0.1) is 11.4 Å². The van der Waals surface area contributed by atoms with Gasteiger partial charge in [0.15, 0.2) is 0 Å². The van der Waals surface area contributed by atoms with Crippen LogP contribution in [-0.2, 0) is 0 Å². The van der Waals surface area contributed by atoms with Crippen molar-refractivity contribution in [3.8, 4) is 0 Å². The van der Waals surface area contributed by atoms with Gasteiger partial charge in [-0.2, -0.15) is 4.39 Å². The zero-order chi connectivity index (χ0) is 10.8. The second-order valence-electron chi connectivity index (χ2n) is 4.79. The van der Waals surface area contributed by atoms with Gasteiger partial charge in [-0.25, -0.2) is 4.98 Å². The molecule has 0 saturated carbocycles. The highest BCUT2D eigenvalue weighted by Gasteiger charge is 2.17. The van der Waals surface area contributed by atoms with Crippen molar-refractivity contribution >= 4 is 0 Å². The lowest BCUT2D eigenvalue weighted by Crippen LogP contribution is -2.18. The number of rotatable bonds is 2. The quantitative estimate of drug-likeness (QED) is 0.738. The number of pyridine rings is 1. The van der Waals surface area contributed by atoms with Crippen LogP contribution < -0.4 is 5.73 Å². The van der Waals surface area contributed by atoms with Crippen LogP contribution in [-0.4, -0.2) is 4.98 Å². The standard InChI is InChI=1S/C11H17FN2/c1-11(2,3)6-9(13)8-4-5-10(12)14-7-8/h4-5,7,9H,6,13H2,1-3H3/t9-/m0/s1. The molecule has 3 heteroatoms. The third-order valence-electron chi connectivity index (χ3n) is 2.01. The van der Waals surface area contributed by atoms with Crippen LogP contribution in [0.2, 0.25) is 0 Å². The van der Waals surface area contributed by atoms with Gasteiger partial charge in [0.2, 0.25) is 5.95 Å². The van der Waals surface area contributed by atoms with E-state index in [1.165, 1.54) is 12.3 Å². The van der Waals surface area contributed by atoms with Gasteiger partial charge in [0, 0.05) is 12.2 Å². The SMILES string of the molecule is CC(C)(C)C[C@H](N)c1ccc(F)nc1. The Kier molecular flexibility index (Phi) is 3.21. The number of hydrogen-bond acceptors (Lipinski definition) is 2. The second-order valence-corrected chi connectivity index (χ2v) is 4.79. The van der Waals surface area contributed by atoms with Gasteiger partial charge in [0.25, 0.3) is 0 Å². The van der Waals surface area contributed by atoms with Gasteiger partial charge < -0.3 is 5.73 Å². The first kappa shape index (κ1) is 11.1. The summed E-state index contributed by atoms with van der Waals surface area (Å²) >= 11 is 0. The smallest absolute Gasteiger partial charge is 0.212 e. The summed E-state index contributed by atoms with van der Waals surface area (Å²) in [7, 11) is 0. The highest BCUT2D eigenvalue weighted by Crippen LogP contribution is 2.27. The van der Waals surface area contributed by atoms with Crippen LogP contribution in [0.3, 0.4) is 0 Å². The van der Waals surface area contributed by atoms with E-state index in [4.69, 9.17) is 5.73 Å². The predicted molar refractivity (Wildman–Crippen MR) is 55.2 cm³/mol. The van der Waals surface area contributed by atoms with Gasteiger partial charge in [-0.15, -0.1) is 0 Å². The molecule has 1 aromatic heterocycles. The number of halogens is 1. The molecule has 0 bridgehead atoms. The maximum Gasteiger partial charge on any atom is 0.212 e. The molecule has 0 unspecified atom stereocenters. The summed E-state index contributed by atoms with van der Waals surface area (Å²) in [6.45, 7) is 6.39. The molecule has 0 fully saturated rings. The van der Waals surface area contributed by atoms with E-state index in [0.717, 1.165) is 12.0 Å². The predicted octanol–water partition coefficient (Wildman–Crippen LogP) is 2.66. The summed E-state index contributed by atoms with van der Waals surface area (Å²) in [5, 5.41) is 0. The van der Waals surface area contributed by atoms with Gasteiger partial charge >= 0.3 is 0 Å². The van der Waals surface area contributed by atoms with Crippen LogP contribution >= 0.6 is 0 Å². The van der Waals surface area contributed by atoms with E-state index in [1.54, 1.807) is 6.07 Å².